The van der Waals surface area contributed by atoms with Crippen LogP contribution >= 0.6 is 0 Å². The van der Waals surface area contributed by atoms with Crippen LogP contribution in [0.2, 0.25) is 0 Å². The van der Waals surface area contributed by atoms with E-state index in [1.807, 2.05) is 0 Å². The molecule has 1 atom stereocenters. The zero-order valence-corrected chi connectivity index (χ0v) is 12.2. The van der Waals surface area contributed by atoms with Crippen LogP contribution in [0.4, 0.5) is 0 Å². The Hall–Kier alpha value is -0.860. The summed E-state index contributed by atoms with van der Waals surface area (Å²) in [5.41, 5.74) is 3.08. The fourth-order valence-corrected chi connectivity index (χ4v) is 3.31. The first-order chi connectivity index (χ1) is 9.24. The van der Waals surface area contributed by atoms with Crippen molar-refractivity contribution in [2.75, 3.05) is 19.6 Å². The van der Waals surface area contributed by atoms with E-state index in [2.05, 4.69) is 48.3 Å². The number of rotatable bonds is 5. The van der Waals surface area contributed by atoms with Gasteiger partial charge in [0, 0.05) is 38.1 Å². The zero-order valence-electron chi connectivity index (χ0n) is 12.2. The van der Waals surface area contributed by atoms with E-state index in [1.54, 1.807) is 5.56 Å². The van der Waals surface area contributed by atoms with Gasteiger partial charge in [0.15, 0.2) is 0 Å². The molecule has 3 rings (SSSR count). The number of nitrogens with zero attached hydrogens (tertiary/aromatic N) is 1. The lowest BCUT2D eigenvalue weighted by Crippen LogP contribution is -2.39. The lowest BCUT2D eigenvalue weighted by molar-refractivity contribution is 0.215. The molecule has 0 aromatic heterocycles. The molecule has 0 bridgehead atoms. The van der Waals surface area contributed by atoms with Crippen LogP contribution in [-0.4, -0.2) is 30.6 Å². The number of hydrogen-bond acceptors (Lipinski definition) is 2. The molecule has 0 spiro atoms. The summed E-state index contributed by atoms with van der Waals surface area (Å²) < 4.78 is 0. The topological polar surface area (TPSA) is 15.3 Å². The van der Waals surface area contributed by atoms with E-state index < -0.39 is 0 Å². The van der Waals surface area contributed by atoms with E-state index >= 15 is 0 Å². The van der Waals surface area contributed by atoms with E-state index in [9.17, 15) is 0 Å². The van der Waals surface area contributed by atoms with E-state index in [1.165, 1.54) is 31.5 Å². The van der Waals surface area contributed by atoms with Gasteiger partial charge in [0.05, 0.1) is 0 Å². The van der Waals surface area contributed by atoms with Gasteiger partial charge < -0.3 is 5.32 Å². The summed E-state index contributed by atoms with van der Waals surface area (Å²) in [6, 6.07) is 9.84. The van der Waals surface area contributed by atoms with Crippen LogP contribution < -0.4 is 5.32 Å². The Kier molecular flexibility index (Phi) is 3.90. The monoisotopic (exact) mass is 258 g/mol. The minimum absolute atomic E-state index is 0.671. The number of nitrogens with one attached hydrogen (secondary N) is 1. The smallest absolute Gasteiger partial charge is 0.0208 e. The van der Waals surface area contributed by atoms with E-state index in [0.717, 1.165) is 25.0 Å². The van der Waals surface area contributed by atoms with Crippen LogP contribution in [0.3, 0.4) is 0 Å². The third kappa shape index (κ3) is 3.18. The Morgan fingerprint density at radius 1 is 1.26 bits per heavy atom. The van der Waals surface area contributed by atoms with Gasteiger partial charge in [-0.2, -0.15) is 0 Å². The van der Waals surface area contributed by atoms with Crippen molar-refractivity contribution in [2.24, 2.45) is 5.92 Å². The first-order valence-corrected chi connectivity index (χ1v) is 7.76. The van der Waals surface area contributed by atoms with Gasteiger partial charge in [0.2, 0.25) is 0 Å². The highest BCUT2D eigenvalue weighted by Crippen LogP contribution is 2.31. The summed E-state index contributed by atoms with van der Waals surface area (Å²) in [6.45, 7) is 9.33. The van der Waals surface area contributed by atoms with Gasteiger partial charge in [0.25, 0.3) is 0 Å². The first-order valence-electron chi connectivity index (χ1n) is 7.76. The molecule has 1 unspecified atom stereocenters. The van der Waals surface area contributed by atoms with Gasteiger partial charge in [-0.1, -0.05) is 38.1 Å². The van der Waals surface area contributed by atoms with Crippen LogP contribution in [0.15, 0.2) is 24.3 Å². The Balaban J connectivity index is 1.72. The van der Waals surface area contributed by atoms with Crippen molar-refractivity contribution in [3.05, 3.63) is 35.4 Å². The number of benzene rings is 1. The molecule has 2 aliphatic rings. The lowest BCUT2D eigenvalue weighted by atomic mass is 9.90. The van der Waals surface area contributed by atoms with Gasteiger partial charge in [0.1, 0.15) is 0 Å². The fraction of sp³-hybridized carbons (Fsp3) is 0.647. The molecule has 1 N–H and O–H groups in total. The highest BCUT2D eigenvalue weighted by atomic mass is 15.2. The molecule has 0 radical (unpaired) electrons. The van der Waals surface area contributed by atoms with Gasteiger partial charge in [-0.25, -0.2) is 0 Å². The third-order valence-corrected chi connectivity index (χ3v) is 4.32. The van der Waals surface area contributed by atoms with Crippen molar-refractivity contribution in [2.45, 2.75) is 45.2 Å². The first kappa shape index (κ1) is 13.1. The van der Waals surface area contributed by atoms with Crippen LogP contribution in [0, 0.1) is 5.92 Å². The van der Waals surface area contributed by atoms with Crippen LogP contribution in [0.1, 0.15) is 43.7 Å². The van der Waals surface area contributed by atoms with Gasteiger partial charge >= 0.3 is 0 Å². The van der Waals surface area contributed by atoms with Crippen molar-refractivity contribution >= 4 is 0 Å². The summed E-state index contributed by atoms with van der Waals surface area (Å²) in [6.07, 6.45) is 2.82. The highest BCUT2D eigenvalue weighted by Gasteiger charge is 2.32. The Labute approximate surface area is 117 Å². The molecular weight excluding hydrogens is 232 g/mol. The Morgan fingerprint density at radius 3 is 2.79 bits per heavy atom. The van der Waals surface area contributed by atoms with Gasteiger partial charge in [-0.15, -0.1) is 0 Å². The summed E-state index contributed by atoms with van der Waals surface area (Å²) in [4.78, 5) is 2.74. The minimum Gasteiger partial charge on any atom is -0.312 e. The Bertz CT molecular complexity index is 423. The Morgan fingerprint density at radius 2 is 2.05 bits per heavy atom. The predicted octanol–water partition coefficient (Wildman–Crippen LogP) is 2.99. The lowest BCUT2D eigenvalue weighted by Gasteiger charge is -2.33. The molecule has 1 heterocycles. The van der Waals surface area contributed by atoms with Crippen LogP contribution in [-0.2, 0) is 6.54 Å². The molecule has 2 nitrogen and oxygen atoms in total. The molecule has 19 heavy (non-hydrogen) atoms. The average Bonchev–Trinajstić information content (AvgIpc) is 3.22. The zero-order chi connectivity index (χ0) is 13.2. The molecule has 1 aromatic rings. The maximum atomic E-state index is 3.58. The molecule has 1 aromatic carbocycles. The van der Waals surface area contributed by atoms with Crippen molar-refractivity contribution in [3.8, 4) is 0 Å². The molecular formula is C17H26N2. The van der Waals surface area contributed by atoms with Crippen molar-refractivity contribution < 1.29 is 0 Å². The van der Waals surface area contributed by atoms with Crippen molar-refractivity contribution in [1.82, 2.24) is 10.2 Å². The van der Waals surface area contributed by atoms with Crippen LogP contribution in [0.25, 0.3) is 0 Å². The molecule has 0 amide bonds. The van der Waals surface area contributed by atoms with Crippen LogP contribution in [0.5, 0.6) is 0 Å². The van der Waals surface area contributed by atoms with E-state index in [0.29, 0.717) is 5.92 Å². The molecule has 1 aliphatic carbocycles. The van der Waals surface area contributed by atoms with Gasteiger partial charge in [-0.3, -0.25) is 4.90 Å². The van der Waals surface area contributed by atoms with E-state index in [4.69, 9.17) is 0 Å². The molecule has 2 heteroatoms. The molecule has 1 saturated carbocycles. The standard InChI is InChI=1S/C17H26N2/c1-13(2)11-19(16-7-8-16)12-15-10-18-9-14-5-3-4-6-17(14)15/h3-6,13,15-16,18H,7-12H2,1-2H3. The normalized spacial score (nSPS) is 22.8. The second-order valence-corrected chi connectivity index (χ2v) is 6.61. The maximum absolute atomic E-state index is 3.58. The summed E-state index contributed by atoms with van der Waals surface area (Å²) in [5.74, 6) is 1.44. The average molecular weight is 258 g/mol. The minimum atomic E-state index is 0.671. The predicted molar refractivity (Wildman–Crippen MR) is 80.3 cm³/mol. The quantitative estimate of drug-likeness (QED) is 0.873. The molecule has 0 saturated heterocycles. The highest BCUT2D eigenvalue weighted by molar-refractivity contribution is 5.33. The van der Waals surface area contributed by atoms with Gasteiger partial charge in [-0.05, 0) is 29.9 Å². The van der Waals surface area contributed by atoms with Crippen molar-refractivity contribution in [1.29, 1.82) is 0 Å². The summed E-state index contributed by atoms with van der Waals surface area (Å²) in [5, 5.41) is 3.58. The fourth-order valence-electron chi connectivity index (χ4n) is 3.31. The summed E-state index contributed by atoms with van der Waals surface area (Å²) >= 11 is 0. The summed E-state index contributed by atoms with van der Waals surface area (Å²) in [7, 11) is 0. The molecule has 1 fully saturated rings. The maximum Gasteiger partial charge on any atom is 0.0208 e. The number of fused-ring (bicyclic) bond motifs is 1. The second kappa shape index (κ2) is 5.64. The van der Waals surface area contributed by atoms with Crippen molar-refractivity contribution in [3.63, 3.8) is 0 Å². The third-order valence-electron chi connectivity index (χ3n) is 4.32. The van der Waals surface area contributed by atoms with E-state index in [-0.39, 0.29) is 0 Å². The number of hydrogen-bond donors (Lipinski definition) is 1. The second-order valence-electron chi connectivity index (χ2n) is 6.61. The molecule has 1 aliphatic heterocycles. The molecule has 104 valence electrons. The largest absolute Gasteiger partial charge is 0.312 e. The SMILES string of the molecule is CC(C)CN(CC1CNCc2ccccc21)C1CC1.